The normalized spacial score (nSPS) is 12.3. The molecule has 8 nitrogen and oxygen atoms in total. The highest BCUT2D eigenvalue weighted by Gasteiger charge is 2.21. The van der Waals surface area contributed by atoms with Gasteiger partial charge in [0.2, 0.25) is 0 Å². The van der Waals surface area contributed by atoms with E-state index in [-0.39, 0.29) is 6.42 Å². The van der Waals surface area contributed by atoms with Gasteiger partial charge in [0.1, 0.15) is 12.1 Å². The lowest BCUT2D eigenvalue weighted by molar-refractivity contribution is -0.140. The van der Waals surface area contributed by atoms with Gasteiger partial charge in [0.15, 0.2) is 0 Å². The second-order valence-corrected chi connectivity index (χ2v) is 6.87. The number of amides is 1. The molecule has 1 heterocycles. The molecule has 1 aromatic heterocycles. The Balaban J connectivity index is 0.000000396. The molecule has 0 aliphatic rings. The van der Waals surface area contributed by atoms with Crippen LogP contribution in [0.15, 0.2) is 54.9 Å². The molecule has 29 heavy (non-hydrogen) atoms. The predicted molar refractivity (Wildman–Crippen MR) is 108 cm³/mol. The third kappa shape index (κ3) is 9.48. The first-order valence-corrected chi connectivity index (χ1v) is 9.16. The topological polar surface area (TPSA) is 143 Å². The molecule has 1 amide bonds. The summed E-state index contributed by atoms with van der Waals surface area (Å²) < 4.78 is 0. The van der Waals surface area contributed by atoms with Crippen LogP contribution in [0.5, 0.6) is 0 Å². The molecule has 2 aromatic rings. The number of carboxylic acid groups (broad SMARTS) is 2. The first kappa shape index (κ1) is 23.8. The minimum Gasteiger partial charge on any atom is -0.480 e. The summed E-state index contributed by atoms with van der Waals surface area (Å²) in [4.78, 5) is 37.1. The van der Waals surface area contributed by atoms with Crippen molar-refractivity contribution in [3.63, 3.8) is 0 Å². The highest BCUT2D eigenvalue weighted by Crippen LogP contribution is 2.05. The van der Waals surface area contributed by atoms with E-state index in [9.17, 15) is 19.5 Å². The number of aliphatic carboxylic acids is 2. The van der Waals surface area contributed by atoms with Crippen LogP contribution in [-0.4, -0.2) is 45.1 Å². The van der Waals surface area contributed by atoms with Gasteiger partial charge in [0.25, 0.3) is 5.91 Å². The zero-order valence-corrected chi connectivity index (χ0v) is 16.5. The number of carbonyl (C=O) groups is 3. The predicted octanol–water partition coefficient (Wildman–Crippen LogP) is 1.95. The summed E-state index contributed by atoms with van der Waals surface area (Å²) in [6.45, 7) is 3.89. The summed E-state index contributed by atoms with van der Waals surface area (Å²) >= 11 is 0. The number of aromatic nitrogens is 1. The molecule has 5 N–H and O–H groups in total. The number of hydrogen-bond donors (Lipinski definition) is 4. The number of benzene rings is 1. The quantitative estimate of drug-likeness (QED) is 0.529. The van der Waals surface area contributed by atoms with Crippen molar-refractivity contribution in [3.05, 3.63) is 66.0 Å². The zero-order valence-electron chi connectivity index (χ0n) is 16.5. The summed E-state index contributed by atoms with van der Waals surface area (Å²) in [5.41, 5.74) is 6.41. The van der Waals surface area contributed by atoms with Gasteiger partial charge in [0.05, 0.1) is 5.56 Å². The number of hydrogen-bond acceptors (Lipinski definition) is 5. The summed E-state index contributed by atoms with van der Waals surface area (Å²) in [6.07, 6.45) is 3.74. The van der Waals surface area contributed by atoms with Crippen LogP contribution < -0.4 is 11.1 Å². The van der Waals surface area contributed by atoms with E-state index in [4.69, 9.17) is 10.8 Å². The van der Waals surface area contributed by atoms with Gasteiger partial charge in [-0.3, -0.25) is 14.6 Å². The van der Waals surface area contributed by atoms with Crippen molar-refractivity contribution in [3.8, 4) is 0 Å². The van der Waals surface area contributed by atoms with Crippen LogP contribution in [0.25, 0.3) is 0 Å². The van der Waals surface area contributed by atoms with Gasteiger partial charge in [-0.15, -0.1) is 0 Å². The first-order valence-electron chi connectivity index (χ1n) is 9.16. The van der Waals surface area contributed by atoms with E-state index in [2.05, 4.69) is 10.3 Å². The van der Waals surface area contributed by atoms with Gasteiger partial charge in [0, 0.05) is 18.8 Å². The Morgan fingerprint density at radius 1 is 1.03 bits per heavy atom. The highest BCUT2D eigenvalue weighted by atomic mass is 16.4. The van der Waals surface area contributed by atoms with E-state index in [0.29, 0.717) is 17.9 Å². The standard InChI is InChI=1S/C15H14N2O3.C6H13NO2/c18-14(12-7-4-8-16-10-12)17-13(15(19)20)9-11-5-2-1-3-6-11;1-4(2)3-5(7)6(8)9/h1-8,10,13H,9H2,(H,17,18)(H,19,20);4-5H,3,7H2,1-2H3,(H,8,9)/t13-;5-/m00/s1. The Hall–Kier alpha value is -3.26. The van der Waals surface area contributed by atoms with Crippen LogP contribution in [0.2, 0.25) is 0 Å². The van der Waals surface area contributed by atoms with Crippen molar-refractivity contribution in [2.24, 2.45) is 11.7 Å². The minimum absolute atomic E-state index is 0.238. The van der Waals surface area contributed by atoms with E-state index >= 15 is 0 Å². The van der Waals surface area contributed by atoms with E-state index in [1.807, 2.05) is 44.2 Å². The van der Waals surface area contributed by atoms with Gasteiger partial charge in [-0.2, -0.15) is 0 Å². The van der Waals surface area contributed by atoms with Crippen molar-refractivity contribution < 1.29 is 24.6 Å². The van der Waals surface area contributed by atoms with Crippen LogP contribution in [0.3, 0.4) is 0 Å². The smallest absolute Gasteiger partial charge is 0.326 e. The van der Waals surface area contributed by atoms with Crippen molar-refractivity contribution in [1.82, 2.24) is 10.3 Å². The number of carbonyl (C=O) groups excluding carboxylic acids is 1. The van der Waals surface area contributed by atoms with E-state index in [1.54, 1.807) is 18.3 Å². The third-order valence-electron chi connectivity index (χ3n) is 3.85. The van der Waals surface area contributed by atoms with Gasteiger partial charge in [-0.05, 0) is 30.0 Å². The van der Waals surface area contributed by atoms with E-state index in [0.717, 1.165) is 5.56 Å². The molecule has 0 unspecified atom stereocenters. The third-order valence-corrected chi connectivity index (χ3v) is 3.85. The molecular formula is C21H27N3O5. The summed E-state index contributed by atoms with van der Waals surface area (Å²) in [5.74, 6) is -2.06. The molecule has 0 saturated heterocycles. The lowest BCUT2D eigenvalue weighted by Crippen LogP contribution is -2.42. The Labute approximate surface area is 169 Å². The lowest BCUT2D eigenvalue weighted by atomic mass is 10.1. The van der Waals surface area contributed by atoms with Crippen molar-refractivity contribution in [2.45, 2.75) is 38.8 Å². The van der Waals surface area contributed by atoms with Gasteiger partial charge < -0.3 is 21.3 Å². The Morgan fingerprint density at radius 2 is 1.69 bits per heavy atom. The fourth-order valence-corrected chi connectivity index (χ4v) is 2.40. The monoisotopic (exact) mass is 401 g/mol. The Morgan fingerprint density at radius 3 is 2.14 bits per heavy atom. The molecule has 1 aromatic carbocycles. The fraction of sp³-hybridized carbons (Fsp3) is 0.333. The second-order valence-electron chi connectivity index (χ2n) is 6.87. The average molecular weight is 401 g/mol. The number of pyridine rings is 1. The van der Waals surface area contributed by atoms with Crippen molar-refractivity contribution in [2.75, 3.05) is 0 Å². The molecule has 0 saturated carbocycles. The molecule has 0 spiro atoms. The molecule has 0 radical (unpaired) electrons. The number of rotatable bonds is 8. The maximum absolute atomic E-state index is 11.9. The van der Waals surface area contributed by atoms with Gasteiger partial charge >= 0.3 is 11.9 Å². The first-order chi connectivity index (χ1) is 13.7. The molecule has 0 aliphatic carbocycles. The van der Waals surface area contributed by atoms with E-state index < -0.39 is 29.9 Å². The van der Waals surface area contributed by atoms with E-state index in [1.165, 1.54) is 6.20 Å². The van der Waals surface area contributed by atoms with Crippen LogP contribution in [0.1, 0.15) is 36.2 Å². The average Bonchev–Trinajstić information content (AvgIpc) is 2.68. The van der Waals surface area contributed by atoms with Gasteiger partial charge in [-0.25, -0.2) is 4.79 Å². The molecule has 156 valence electrons. The maximum Gasteiger partial charge on any atom is 0.326 e. The summed E-state index contributed by atoms with van der Waals surface area (Å²) in [7, 11) is 0. The van der Waals surface area contributed by atoms with Crippen LogP contribution in [0.4, 0.5) is 0 Å². The number of nitrogens with one attached hydrogen (secondary N) is 1. The molecule has 8 heteroatoms. The molecule has 0 bridgehead atoms. The molecule has 0 aliphatic heterocycles. The largest absolute Gasteiger partial charge is 0.480 e. The molecular weight excluding hydrogens is 374 g/mol. The summed E-state index contributed by atoms with van der Waals surface area (Å²) in [6, 6.07) is 10.7. The summed E-state index contributed by atoms with van der Waals surface area (Å²) in [5, 5.41) is 20.0. The van der Waals surface area contributed by atoms with Crippen LogP contribution in [0, 0.1) is 5.92 Å². The fourth-order valence-electron chi connectivity index (χ4n) is 2.40. The van der Waals surface area contributed by atoms with Crippen LogP contribution in [-0.2, 0) is 16.0 Å². The highest BCUT2D eigenvalue weighted by molar-refractivity contribution is 5.96. The van der Waals surface area contributed by atoms with Crippen molar-refractivity contribution >= 4 is 17.8 Å². The van der Waals surface area contributed by atoms with Gasteiger partial charge in [-0.1, -0.05) is 44.2 Å². The lowest BCUT2D eigenvalue weighted by Gasteiger charge is -2.14. The number of carboxylic acids is 2. The van der Waals surface area contributed by atoms with Crippen molar-refractivity contribution in [1.29, 1.82) is 0 Å². The zero-order chi connectivity index (χ0) is 21.8. The second kappa shape index (κ2) is 12.2. The molecule has 0 fully saturated rings. The number of nitrogens with two attached hydrogens (primary N) is 1. The Kier molecular flexibility index (Phi) is 10.0. The number of nitrogens with zero attached hydrogens (tertiary/aromatic N) is 1. The Bertz CT molecular complexity index is 781. The minimum atomic E-state index is -1.06. The maximum atomic E-state index is 11.9. The van der Waals surface area contributed by atoms with Crippen LogP contribution >= 0.6 is 0 Å². The molecule has 2 atom stereocenters. The molecule has 2 rings (SSSR count). The SMILES string of the molecule is CC(C)C[C@H](N)C(=O)O.O=C(N[C@@H](Cc1ccccc1)C(=O)O)c1cccnc1.